The molecule has 1 amide bonds. The molecule has 0 aliphatic carbocycles. The van der Waals surface area contributed by atoms with Crippen molar-refractivity contribution in [3.05, 3.63) is 47.8 Å². The van der Waals surface area contributed by atoms with Crippen LogP contribution in [0.1, 0.15) is 42.7 Å². The number of carbonyl (C=O) groups is 1. The Morgan fingerprint density at radius 2 is 1.97 bits per heavy atom. The predicted octanol–water partition coefficient (Wildman–Crippen LogP) is 4.78. The fourth-order valence-electron chi connectivity index (χ4n) is 4.80. The molecule has 10 nitrogen and oxygen atoms in total. The van der Waals surface area contributed by atoms with Crippen molar-refractivity contribution in [1.29, 1.82) is 0 Å². The van der Waals surface area contributed by atoms with Gasteiger partial charge in [-0.15, -0.1) is 0 Å². The van der Waals surface area contributed by atoms with E-state index in [0.29, 0.717) is 47.6 Å². The third-order valence-electron chi connectivity index (χ3n) is 6.49. The minimum atomic E-state index is -2.33. The average molecular weight is 536 g/mol. The molecule has 0 saturated heterocycles. The van der Waals surface area contributed by atoms with Crippen LogP contribution in [0.4, 0.5) is 17.1 Å². The minimum absolute atomic E-state index is 0.141. The van der Waals surface area contributed by atoms with Crippen LogP contribution < -0.4 is 15.0 Å². The SMILES string of the molecule is Cc1cc2cc(n1)-c1cnn(C)c1OCCCC(C)(C)CN1/C(=N/C2=O)Nc2ccc(N=S(C)(C)=O)cc21. The van der Waals surface area contributed by atoms with Gasteiger partial charge >= 0.3 is 0 Å². The van der Waals surface area contributed by atoms with Gasteiger partial charge in [-0.1, -0.05) is 13.8 Å². The highest BCUT2D eigenvalue weighted by Gasteiger charge is 2.32. The Kier molecular flexibility index (Phi) is 6.50. The van der Waals surface area contributed by atoms with Gasteiger partial charge in [0.15, 0.2) is 0 Å². The number of hydrogen-bond donors (Lipinski definition) is 1. The Morgan fingerprint density at radius 1 is 1.18 bits per heavy atom. The van der Waals surface area contributed by atoms with E-state index in [1.807, 2.05) is 37.1 Å². The first-order valence-corrected chi connectivity index (χ1v) is 14.8. The Labute approximate surface area is 223 Å². The Hall–Kier alpha value is -3.73. The lowest BCUT2D eigenvalue weighted by molar-refractivity contribution is 0.100. The number of nitrogens with zero attached hydrogens (tertiary/aromatic N) is 6. The third-order valence-corrected chi connectivity index (χ3v) is 7.14. The van der Waals surface area contributed by atoms with Crippen molar-refractivity contribution >= 4 is 38.7 Å². The number of guanidine groups is 1. The summed E-state index contributed by atoms with van der Waals surface area (Å²) in [6, 6.07) is 9.07. The number of benzene rings is 1. The van der Waals surface area contributed by atoms with Gasteiger partial charge in [0.2, 0.25) is 11.8 Å². The molecule has 4 heterocycles. The van der Waals surface area contributed by atoms with Gasteiger partial charge in [0.25, 0.3) is 5.91 Å². The van der Waals surface area contributed by atoms with Gasteiger partial charge in [-0.25, -0.2) is 8.89 Å². The fraction of sp³-hybridized carbons (Fsp3) is 0.407. The molecule has 1 N–H and O–H groups in total. The van der Waals surface area contributed by atoms with E-state index in [4.69, 9.17) is 4.74 Å². The van der Waals surface area contributed by atoms with Crippen molar-refractivity contribution in [3.63, 3.8) is 0 Å². The Bertz CT molecular complexity index is 1570. The van der Waals surface area contributed by atoms with Crippen LogP contribution >= 0.6 is 0 Å². The molecule has 0 fully saturated rings. The number of anilines is 2. The van der Waals surface area contributed by atoms with Gasteiger partial charge in [-0.2, -0.15) is 14.5 Å². The number of fused-ring (bicyclic) bond motifs is 7. The first-order valence-electron chi connectivity index (χ1n) is 12.5. The van der Waals surface area contributed by atoms with E-state index >= 15 is 0 Å². The first kappa shape index (κ1) is 25.9. The molecule has 0 unspecified atom stereocenters. The predicted molar refractivity (Wildman–Crippen MR) is 151 cm³/mol. The Morgan fingerprint density at radius 3 is 2.74 bits per heavy atom. The quantitative estimate of drug-likeness (QED) is 0.477. The van der Waals surface area contributed by atoms with Crippen LogP contribution in [0.3, 0.4) is 0 Å². The number of aromatic nitrogens is 3. The topological polar surface area (TPSA) is 114 Å². The molecule has 0 radical (unpaired) electrons. The molecule has 0 atom stereocenters. The van der Waals surface area contributed by atoms with Gasteiger partial charge in [-0.05, 0) is 55.5 Å². The highest BCUT2D eigenvalue weighted by atomic mass is 32.2. The van der Waals surface area contributed by atoms with Crippen molar-refractivity contribution in [2.75, 3.05) is 35.9 Å². The molecule has 11 heteroatoms. The summed E-state index contributed by atoms with van der Waals surface area (Å²) in [5, 5.41) is 7.68. The lowest BCUT2D eigenvalue weighted by atomic mass is 9.87. The van der Waals surface area contributed by atoms with Crippen molar-refractivity contribution < 1.29 is 13.7 Å². The second-order valence-corrected chi connectivity index (χ2v) is 13.5. The third kappa shape index (κ3) is 5.42. The molecule has 1 aromatic carbocycles. The van der Waals surface area contributed by atoms with Crippen LogP contribution in [0.2, 0.25) is 0 Å². The van der Waals surface area contributed by atoms with Gasteiger partial charge in [-0.3, -0.25) is 9.78 Å². The number of aryl methyl sites for hydroxylation is 2. The zero-order valence-electron chi connectivity index (χ0n) is 22.6. The van der Waals surface area contributed by atoms with E-state index in [9.17, 15) is 9.00 Å². The van der Waals surface area contributed by atoms with Gasteiger partial charge in [0, 0.05) is 47.1 Å². The van der Waals surface area contributed by atoms with Crippen LogP contribution in [-0.4, -0.2) is 56.5 Å². The lowest BCUT2D eigenvalue weighted by Gasteiger charge is -2.31. The van der Waals surface area contributed by atoms with Crippen molar-refractivity contribution in [2.45, 2.75) is 33.6 Å². The number of rotatable bonds is 1. The Balaban J connectivity index is 1.62. The molecule has 2 aliphatic heterocycles. The number of aliphatic imine (C=N–C) groups is 1. The van der Waals surface area contributed by atoms with Crippen LogP contribution in [0.5, 0.6) is 5.88 Å². The van der Waals surface area contributed by atoms with Crippen LogP contribution in [0.25, 0.3) is 11.3 Å². The number of carbonyl (C=O) groups excluding carboxylic acids is 1. The van der Waals surface area contributed by atoms with Crippen molar-refractivity contribution in [3.8, 4) is 17.1 Å². The van der Waals surface area contributed by atoms with Crippen molar-refractivity contribution in [1.82, 2.24) is 14.8 Å². The number of hydrogen-bond acceptors (Lipinski definition) is 8. The maximum atomic E-state index is 13.5. The molecular weight excluding hydrogens is 502 g/mol. The minimum Gasteiger partial charge on any atom is -0.477 e. The summed E-state index contributed by atoms with van der Waals surface area (Å²) >= 11 is 0. The van der Waals surface area contributed by atoms with Crippen molar-refractivity contribution in [2.24, 2.45) is 21.8 Å². The molecule has 5 rings (SSSR count). The van der Waals surface area contributed by atoms with E-state index in [0.717, 1.165) is 29.8 Å². The lowest BCUT2D eigenvalue weighted by Crippen LogP contribution is -2.39. The molecule has 2 bridgehead atoms. The van der Waals surface area contributed by atoms with Crippen LogP contribution in [-0.2, 0) is 16.8 Å². The van der Waals surface area contributed by atoms with E-state index in [2.05, 4.69) is 38.6 Å². The summed E-state index contributed by atoms with van der Waals surface area (Å²) in [4.78, 5) is 24.7. The maximum absolute atomic E-state index is 13.5. The zero-order valence-corrected chi connectivity index (χ0v) is 23.4. The van der Waals surface area contributed by atoms with Gasteiger partial charge < -0.3 is 15.0 Å². The highest BCUT2D eigenvalue weighted by molar-refractivity contribution is 7.92. The second kappa shape index (κ2) is 9.54. The number of nitrogens with one attached hydrogen (secondary N) is 1. The largest absolute Gasteiger partial charge is 0.477 e. The monoisotopic (exact) mass is 535 g/mol. The number of amides is 1. The summed E-state index contributed by atoms with van der Waals surface area (Å²) in [5.41, 5.74) is 4.61. The van der Waals surface area contributed by atoms with Crippen LogP contribution in [0, 0.1) is 12.3 Å². The maximum Gasteiger partial charge on any atom is 0.280 e. The van der Waals surface area contributed by atoms with E-state index in [-0.39, 0.29) is 11.3 Å². The molecular formula is C27H33N7O3S. The molecule has 2 aromatic heterocycles. The van der Waals surface area contributed by atoms with E-state index in [1.165, 1.54) is 0 Å². The first-order chi connectivity index (χ1) is 17.9. The fourth-order valence-corrected chi connectivity index (χ4v) is 5.42. The summed E-state index contributed by atoms with van der Waals surface area (Å²) in [7, 11) is -0.496. The van der Waals surface area contributed by atoms with Gasteiger partial charge in [0.1, 0.15) is 0 Å². The molecule has 38 heavy (non-hydrogen) atoms. The molecule has 3 aromatic rings. The van der Waals surface area contributed by atoms with E-state index in [1.54, 1.807) is 35.5 Å². The second-order valence-electron chi connectivity index (χ2n) is 10.9. The molecule has 200 valence electrons. The zero-order chi connectivity index (χ0) is 27.2. The smallest absolute Gasteiger partial charge is 0.280 e. The van der Waals surface area contributed by atoms with E-state index < -0.39 is 9.73 Å². The van der Waals surface area contributed by atoms with Crippen LogP contribution in [0.15, 0.2) is 45.9 Å². The number of ether oxygens (including phenoxy) is 1. The summed E-state index contributed by atoms with van der Waals surface area (Å²) in [5.74, 6) is 0.690. The molecule has 0 spiro atoms. The molecule has 0 saturated carbocycles. The normalized spacial score (nSPS) is 18.5. The standard InChI is InChI=1S/C27H33N7O3S/c1-17-12-18-13-22(29-17)20-15-28-33(4)25(20)37-11-7-10-27(2,3)16-34-23-14-19(32-38(5,6)36)8-9-21(23)30-26(34)31-24(18)35/h8-9,12-15H,7,10-11,16H2,1-6H3,(H,30,31,35). The highest BCUT2D eigenvalue weighted by Crippen LogP contribution is 2.39. The summed E-state index contributed by atoms with van der Waals surface area (Å²) in [6.07, 6.45) is 6.63. The van der Waals surface area contributed by atoms with Gasteiger partial charge in [0.05, 0.1) is 41.1 Å². The summed E-state index contributed by atoms with van der Waals surface area (Å²) < 4.78 is 24.6. The average Bonchev–Trinajstić information content (AvgIpc) is 3.34. The summed E-state index contributed by atoms with van der Waals surface area (Å²) in [6.45, 7) is 7.35. The molecule has 2 aliphatic rings. The number of pyridine rings is 1.